The van der Waals surface area contributed by atoms with Crippen molar-refractivity contribution in [1.82, 2.24) is 4.98 Å². The topological polar surface area (TPSA) is 32.9 Å². The predicted molar refractivity (Wildman–Crippen MR) is 49.9 cm³/mol. The molecule has 3 aliphatic carbocycles. The van der Waals surface area contributed by atoms with E-state index < -0.39 is 17.0 Å². The molecule has 1 heterocycles. The molecule has 3 aliphatic rings. The van der Waals surface area contributed by atoms with Crippen LogP contribution in [0.5, 0.6) is 0 Å². The number of aromatic amines is 1. The molecule has 3 saturated carbocycles. The van der Waals surface area contributed by atoms with E-state index in [-0.39, 0.29) is 25.0 Å². The summed E-state index contributed by atoms with van der Waals surface area (Å²) >= 11 is 0. The Kier molecular flexibility index (Phi) is 1.56. The number of H-pyrrole nitrogens is 1. The van der Waals surface area contributed by atoms with Gasteiger partial charge in [-0.25, -0.2) is 0 Å². The molecule has 1 aromatic heterocycles. The maximum atomic E-state index is 12.6. The van der Waals surface area contributed by atoms with Gasteiger partial charge in [-0.2, -0.15) is 13.2 Å². The second-order valence-electron chi connectivity index (χ2n) is 5.00. The molecular weight excluding hydrogens is 219 g/mol. The normalized spacial score (nSPS) is 36.4. The van der Waals surface area contributed by atoms with Crippen LogP contribution in [0.25, 0.3) is 0 Å². The number of Topliss-reactive ketones (excluding diaryl/α,β-unsaturated/α-hetero) is 1. The molecule has 2 nitrogen and oxygen atoms in total. The third-order valence-electron chi connectivity index (χ3n) is 3.96. The molecule has 1 aromatic rings. The van der Waals surface area contributed by atoms with Gasteiger partial charge < -0.3 is 4.98 Å². The number of nitrogens with one attached hydrogen (secondary N) is 1. The van der Waals surface area contributed by atoms with E-state index in [4.69, 9.17) is 0 Å². The zero-order valence-corrected chi connectivity index (χ0v) is 8.40. The van der Waals surface area contributed by atoms with Crippen molar-refractivity contribution in [3.8, 4) is 0 Å². The molecule has 5 heteroatoms. The van der Waals surface area contributed by atoms with E-state index in [0.717, 1.165) is 0 Å². The van der Waals surface area contributed by atoms with Crippen LogP contribution >= 0.6 is 0 Å². The van der Waals surface area contributed by atoms with Gasteiger partial charge >= 0.3 is 6.18 Å². The van der Waals surface area contributed by atoms with E-state index >= 15 is 0 Å². The molecule has 3 fully saturated rings. The molecule has 2 bridgehead atoms. The number of carbonyl (C=O) groups is 1. The number of ketones is 1. The summed E-state index contributed by atoms with van der Waals surface area (Å²) in [7, 11) is 0. The fourth-order valence-corrected chi connectivity index (χ4v) is 3.09. The fourth-order valence-electron chi connectivity index (χ4n) is 3.09. The van der Waals surface area contributed by atoms with Crippen molar-refractivity contribution in [2.75, 3.05) is 0 Å². The second-order valence-corrected chi connectivity index (χ2v) is 5.00. The zero-order valence-electron chi connectivity index (χ0n) is 8.40. The maximum Gasteiger partial charge on any atom is 0.394 e. The summed E-state index contributed by atoms with van der Waals surface area (Å²) in [4.78, 5) is 14.7. The number of carbonyl (C=O) groups excluding carboxylic acids is 1. The summed E-state index contributed by atoms with van der Waals surface area (Å²) in [6.07, 6.45) is -2.62. The third kappa shape index (κ3) is 0.961. The molecule has 4 rings (SSSR count). The van der Waals surface area contributed by atoms with E-state index in [1.807, 2.05) is 0 Å². The summed E-state index contributed by atoms with van der Waals surface area (Å²) in [5.74, 6) is -0.163. The third-order valence-corrected chi connectivity index (χ3v) is 3.96. The van der Waals surface area contributed by atoms with Crippen LogP contribution in [0, 0.1) is 10.8 Å². The van der Waals surface area contributed by atoms with Crippen molar-refractivity contribution in [3.63, 3.8) is 0 Å². The highest BCUT2D eigenvalue weighted by Gasteiger charge is 2.80. The highest BCUT2D eigenvalue weighted by Crippen LogP contribution is 2.79. The Labute approximate surface area is 89.8 Å². The van der Waals surface area contributed by atoms with Crippen LogP contribution in [-0.2, 0) is 0 Å². The predicted octanol–water partition coefficient (Wildman–Crippen LogP) is 2.93. The molecule has 0 amide bonds. The van der Waals surface area contributed by atoms with Crippen molar-refractivity contribution < 1.29 is 18.0 Å². The van der Waals surface area contributed by atoms with Crippen LogP contribution in [0.4, 0.5) is 13.2 Å². The van der Waals surface area contributed by atoms with Crippen LogP contribution < -0.4 is 0 Å². The monoisotopic (exact) mass is 229 g/mol. The Balaban J connectivity index is 1.77. The number of hydrogen-bond donors (Lipinski definition) is 1. The van der Waals surface area contributed by atoms with E-state index in [1.54, 1.807) is 18.3 Å². The molecule has 16 heavy (non-hydrogen) atoms. The van der Waals surface area contributed by atoms with Gasteiger partial charge in [0.2, 0.25) is 0 Å². The van der Waals surface area contributed by atoms with Crippen molar-refractivity contribution in [1.29, 1.82) is 0 Å². The Morgan fingerprint density at radius 2 is 1.94 bits per heavy atom. The number of aromatic nitrogens is 1. The minimum atomic E-state index is -4.15. The van der Waals surface area contributed by atoms with Crippen molar-refractivity contribution in [3.05, 3.63) is 24.0 Å². The molecule has 0 spiro atoms. The molecule has 86 valence electrons. The summed E-state index contributed by atoms with van der Waals surface area (Å²) in [6, 6.07) is 3.29. The summed E-state index contributed by atoms with van der Waals surface area (Å²) in [6.45, 7) is 0. The quantitative estimate of drug-likeness (QED) is 0.777. The molecule has 0 unspecified atom stereocenters. The fraction of sp³-hybridized carbons (Fsp3) is 0.545. The van der Waals surface area contributed by atoms with E-state index in [1.165, 1.54) is 0 Å². The lowest BCUT2D eigenvalue weighted by Gasteiger charge is -2.69. The molecule has 0 atom stereocenters. The largest absolute Gasteiger partial charge is 0.394 e. The van der Waals surface area contributed by atoms with Crippen LogP contribution in [0.2, 0.25) is 0 Å². The van der Waals surface area contributed by atoms with Gasteiger partial charge in [0.15, 0.2) is 5.78 Å². The Bertz CT molecular complexity index is 427. The van der Waals surface area contributed by atoms with E-state index in [2.05, 4.69) is 4.98 Å². The van der Waals surface area contributed by atoms with Crippen molar-refractivity contribution >= 4 is 5.78 Å². The minimum Gasteiger partial charge on any atom is -0.359 e. The van der Waals surface area contributed by atoms with Gasteiger partial charge in [-0.3, -0.25) is 4.79 Å². The smallest absolute Gasteiger partial charge is 0.359 e. The first-order chi connectivity index (χ1) is 7.39. The highest BCUT2D eigenvalue weighted by atomic mass is 19.4. The Morgan fingerprint density at radius 1 is 1.31 bits per heavy atom. The van der Waals surface area contributed by atoms with Crippen LogP contribution in [0.15, 0.2) is 18.3 Å². The molecule has 1 N–H and O–H groups in total. The summed E-state index contributed by atoms with van der Waals surface area (Å²) in [5.41, 5.74) is -1.84. The lowest BCUT2D eigenvalue weighted by atomic mass is 9.33. The zero-order chi connectivity index (χ0) is 11.6. The number of rotatable bonds is 2. The molecular formula is C11H10F3NO. The van der Waals surface area contributed by atoms with Gasteiger partial charge in [-0.05, 0) is 31.4 Å². The van der Waals surface area contributed by atoms with Gasteiger partial charge in [-0.1, -0.05) is 0 Å². The standard InChI is InChI=1S/C11H10F3NO/c12-11(13,14)10-4-9(5-10,6-10)8(16)7-2-1-3-15-7/h1-3,15H,4-6H2. The van der Waals surface area contributed by atoms with Crippen LogP contribution in [-0.4, -0.2) is 16.9 Å². The van der Waals surface area contributed by atoms with Crippen LogP contribution in [0.1, 0.15) is 29.8 Å². The summed E-state index contributed by atoms with van der Waals surface area (Å²) < 4.78 is 37.7. The molecule has 0 saturated heterocycles. The highest BCUT2D eigenvalue weighted by molar-refractivity contribution is 6.01. The van der Waals surface area contributed by atoms with Crippen molar-refractivity contribution in [2.45, 2.75) is 25.4 Å². The first-order valence-electron chi connectivity index (χ1n) is 5.14. The number of alkyl halides is 3. The average Bonchev–Trinajstić information content (AvgIpc) is 2.45. The van der Waals surface area contributed by atoms with E-state index in [0.29, 0.717) is 5.69 Å². The van der Waals surface area contributed by atoms with Gasteiger partial charge in [0, 0.05) is 11.6 Å². The van der Waals surface area contributed by atoms with Crippen LogP contribution in [0.3, 0.4) is 0 Å². The summed E-state index contributed by atoms with van der Waals surface area (Å²) in [5, 5.41) is 0. The maximum absolute atomic E-state index is 12.6. The lowest BCUT2D eigenvalue weighted by Crippen LogP contribution is -2.70. The Hall–Kier alpha value is -1.26. The SMILES string of the molecule is O=C(c1ccc[nH]1)C12CC(C(F)(F)F)(C1)C2. The first kappa shape index (κ1) is 9.93. The molecule has 0 aromatic carbocycles. The number of halogens is 3. The van der Waals surface area contributed by atoms with Gasteiger partial charge in [0.1, 0.15) is 0 Å². The first-order valence-corrected chi connectivity index (χ1v) is 5.14. The lowest BCUT2D eigenvalue weighted by molar-refractivity contribution is -0.346. The van der Waals surface area contributed by atoms with Gasteiger partial charge in [0.05, 0.1) is 11.1 Å². The average molecular weight is 229 g/mol. The molecule has 0 aliphatic heterocycles. The minimum absolute atomic E-state index is 0.0264. The molecule has 0 radical (unpaired) electrons. The number of hydrogen-bond acceptors (Lipinski definition) is 1. The Morgan fingerprint density at radius 3 is 2.38 bits per heavy atom. The van der Waals surface area contributed by atoms with Gasteiger partial charge in [0.25, 0.3) is 0 Å². The van der Waals surface area contributed by atoms with E-state index in [9.17, 15) is 18.0 Å². The van der Waals surface area contributed by atoms with Gasteiger partial charge in [-0.15, -0.1) is 0 Å². The second kappa shape index (κ2) is 2.52. The van der Waals surface area contributed by atoms with Crippen molar-refractivity contribution in [2.24, 2.45) is 10.8 Å².